The molecular weight excluding hydrogens is 342 g/mol. The Hall–Kier alpha value is -2.23. The Bertz CT molecular complexity index is 553. The van der Waals surface area contributed by atoms with Gasteiger partial charge < -0.3 is 24.8 Å². The van der Waals surface area contributed by atoms with E-state index in [0.717, 1.165) is 44.1 Å². The summed E-state index contributed by atoms with van der Waals surface area (Å²) >= 11 is 0. The minimum atomic E-state index is 0.290. The summed E-state index contributed by atoms with van der Waals surface area (Å²) in [7, 11) is 1.76. The molecule has 1 aromatic rings. The molecule has 0 saturated heterocycles. The first kappa shape index (κ1) is 22.8. The molecular formula is C21H33N3O3. The zero-order chi connectivity index (χ0) is 19.6. The molecule has 0 spiro atoms. The van der Waals surface area contributed by atoms with Crippen LogP contribution >= 0.6 is 0 Å². The van der Waals surface area contributed by atoms with E-state index < -0.39 is 0 Å². The predicted molar refractivity (Wildman–Crippen MR) is 110 cm³/mol. The van der Waals surface area contributed by atoms with Crippen molar-refractivity contribution in [1.82, 2.24) is 10.6 Å². The molecule has 1 rings (SSSR count). The lowest BCUT2D eigenvalue weighted by Crippen LogP contribution is -2.39. The molecule has 2 N–H and O–H groups in total. The van der Waals surface area contributed by atoms with Gasteiger partial charge >= 0.3 is 0 Å². The number of terminal acetylenes is 1. The third-order valence-corrected chi connectivity index (χ3v) is 3.73. The number of ether oxygens (including phenoxy) is 3. The molecule has 0 aromatic heterocycles. The minimum Gasteiger partial charge on any atom is -0.481 e. The number of nitrogens with one attached hydrogen (secondary N) is 2. The number of unbranched alkanes of at least 4 members (excludes halogenated alkanes) is 1. The maximum Gasteiger partial charge on any atom is 0.191 e. The van der Waals surface area contributed by atoms with Crippen LogP contribution in [0.2, 0.25) is 0 Å². The van der Waals surface area contributed by atoms with Crippen molar-refractivity contribution in [1.29, 1.82) is 0 Å². The average Bonchev–Trinajstić information content (AvgIpc) is 2.70. The van der Waals surface area contributed by atoms with Crippen LogP contribution in [-0.4, -0.2) is 59.1 Å². The van der Waals surface area contributed by atoms with E-state index in [-0.39, 0.29) is 0 Å². The quantitative estimate of drug-likeness (QED) is 0.226. The van der Waals surface area contributed by atoms with E-state index in [9.17, 15) is 0 Å². The first-order valence-corrected chi connectivity index (χ1v) is 9.55. The summed E-state index contributed by atoms with van der Waals surface area (Å²) in [5, 5.41) is 6.53. The fourth-order valence-electron chi connectivity index (χ4n) is 2.23. The molecule has 0 aliphatic rings. The molecule has 6 heteroatoms. The molecule has 0 aliphatic heterocycles. The standard InChI is InChI=1S/C21H33N3O3/c1-4-6-15-25-17-18-26-16-13-24-21(22-3)23-12-11-19-7-9-20(10-8-19)27-14-5-2/h2,7-10H,4,6,11-18H2,1,3H3,(H2,22,23,24). The lowest BCUT2D eigenvalue weighted by molar-refractivity contribution is 0.0487. The molecule has 0 atom stereocenters. The summed E-state index contributed by atoms with van der Waals surface area (Å²) < 4.78 is 16.3. The summed E-state index contributed by atoms with van der Waals surface area (Å²) in [6, 6.07) is 7.95. The third kappa shape index (κ3) is 11.9. The van der Waals surface area contributed by atoms with Crippen molar-refractivity contribution >= 4 is 5.96 Å². The van der Waals surface area contributed by atoms with Crippen molar-refractivity contribution in [2.45, 2.75) is 26.2 Å². The Balaban J connectivity index is 2.08. The zero-order valence-corrected chi connectivity index (χ0v) is 16.6. The monoisotopic (exact) mass is 375 g/mol. The van der Waals surface area contributed by atoms with Crippen LogP contribution in [0.3, 0.4) is 0 Å². The van der Waals surface area contributed by atoms with Crippen molar-refractivity contribution in [3.05, 3.63) is 29.8 Å². The molecule has 0 heterocycles. The Kier molecular flexibility index (Phi) is 13.5. The van der Waals surface area contributed by atoms with E-state index >= 15 is 0 Å². The van der Waals surface area contributed by atoms with E-state index in [4.69, 9.17) is 20.6 Å². The molecule has 0 unspecified atom stereocenters. The van der Waals surface area contributed by atoms with Crippen LogP contribution in [0.5, 0.6) is 5.75 Å². The topological polar surface area (TPSA) is 64.1 Å². The molecule has 0 aliphatic carbocycles. The number of nitrogens with zero attached hydrogens (tertiary/aromatic N) is 1. The molecule has 1 aromatic carbocycles. The van der Waals surface area contributed by atoms with Crippen molar-refractivity contribution in [3.63, 3.8) is 0 Å². The summed E-state index contributed by atoms with van der Waals surface area (Å²) in [4.78, 5) is 4.21. The van der Waals surface area contributed by atoms with Crippen LogP contribution < -0.4 is 15.4 Å². The lowest BCUT2D eigenvalue weighted by atomic mass is 10.1. The second-order valence-electron chi connectivity index (χ2n) is 5.89. The van der Waals surface area contributed by atoms with Crippen LogP contribution in [0, 0.1) is 12.3 Å². The zero-order valence-electron chi connectivity index (χ0n) is 16.6. The lowest BCUT2D eigenvalue weighted by Gasteiger charge is -2.12. The van der Waals surface area contributed by atoms with Gasteiger partial charge in [0, 0.05) is 26.7 Å². The number of guanidine groups is 1. The Morgan fingerprint density at radius 3 is 2.41 bits per heavy atom. The van der Waals surface area contributed by atoms with Crippen molar-refractivity contribution in [2.24, 2.45) is 4.99 Å². The number of hydrogen-bond donors (Lipinski definition) is 2. The van der Waals surface area contributed by atoms with Gasteiger partial charge in [-0.1, -0.05) is 31.4 Å². The van der Waals surface area contributed by atoms with Gasteiger partial charge in [-0.2, -0.15) is 0 Å². The molecule has 0 radical (unpaired) electrons. The SMILES string of the molecule is C#CCOc1ccc(CCNC(=NC)NCCOCCOCCCC)cc1. The Morgan fingerprint density at radius 2 is 1.74 bits per heavy atom. The van der Waals surface area contributed by atoms with E-state index in [1.807, 2.05) is 24.3 Å². The number of aliphatic imine (C=N–C) groups is 1. The van der Waals surface area contributed by atoms with E-state index in [0.29, 0.717) is 33.0 Å². The van der Waals surface area contributed by atoms with Crippen LogP contribution in [0.4, 0.5) is 0 Å². The highest BCUT2D eigenvalue weighted by molar-refractivity contribution is 5.79. The van der Waals surface area contributed by atoms with Gasteiger partial charge in [0.2, 0.25) is 0 Å². The molecule has 0 bridgehead atoms. The van der Waals surface area contributed by atoms with Gasteiger partial charge in [-0.05, 0) is 30.5 Å². The van der Waals surface area contributed by atoms with Gasteiger partial charge in [-0.25, -0.2) is 0 Å². The first-order valence-electron chi connectivity index (χ1n) is 9.55. The summed E-state index contributed by atoms with van der Waals surface area (Å²) in [6.45, 7) is 6.65. The predicted octanol–water partition coefficient (Wildman–Crippen LogP) is 2.24. The fourth-order valence-corrected chi connectivity index (χ4v) is 2.23. The average molecular weight is 376 g/mol. The molecule has 27 heavy (non-hydrogen) atoms. The van der Waals surface area contributed by atoms with Gasteiger partial charge in [-0.3, -0.25) is 4.99 Å². The van der Waals surface area contributed by atoms with Crippen molar-refractivity contribution < 1.29 is 14.2 Å². The van der Waals surface area contributed by atoms with Crippen LogP contribution in [0.15, 0.2) is 29.3 Å². The largest absolute Gasteiger partial charge is 0.481 e. The summed E-state index contributed by atoms with van der Waals surface area (Å²) in [5.41, 5.74) is 1.22. The minimum absolute atomic E-state index is 0.290. The highest BCUT2D eigenvalue weighted by Crippen LogP contribution is 2.12. The van der Waals surface area contributed by atoms with Gasteiger partial charge in [0.15, 0.2) is 5.96 Å². The van der Waals surface area contributed by atoms with E-state index in [1.165, 1.54) is 5.56 Å². The maximum atomic E-state index is 5.53. The Morgan fingerprint density at radius 1 is 1.04 bits per heavy atom. The normalized spacial score (nSPS) is 11.1. The van der Waals surface area contributed by atoms with E-state index in [1.54, 1.807) is 7.05 Å². The summed E-state index contributed by atoms with van der Waals surface area (Å²) in [5.74, 6) is 4.01. The molecule has 0 amide bonds. The number of rotatable bonds is 14. The molecule has 150 valence electrons. The second-order valence-corrected chi connectivity index (χ2v) is 5.89. The first-order chi connectivity index (χ1) is 13.3. The fraction of sp³-hybridized carbons (Fsp3) is 0.571. The molecule has 6 nitrogen and oxygen atoms in total. The van der Waals surface area contributed by atoms with Gasteiger partial charge in [0.25, 0.3) is 0 Å². The molecule has 0 fully saturated rings. The number of hydrogen-bond acceptors (Lipinski definition) is 4. The highest BCUT2D eigenvalue weighted by atomic mass is 16.5. The smallest absolute Gasteiger partial charge is 0.191 e. The van der Waals surface area contributed by atoms with Gasteiger partial charge in [0.05, 0.1) is 19.8 Å². The Labute approximate surface area is 163 Å². The van der Waals surface area contributed by atoms with Crippen molar-refractivity contribution in [3.8, 4) is 18.1 Å². The van der Waals surface area contributed by atoms with Gasteiger partial charge in [0.1, 0.15) is 12.4 Å². The third-order valence-electron chi connectivity index (χ3n) is 3.73. The van der Waals surface area contributed by atoms with Gasteiger partial charge in [-0.15, -0.1) is 6.42 Å². The summed E-state index contributed by atoms with van der Waals surface area (Å²) in [6.07, 6.45) is 8.33. The van der Waals surface area contributed by atoms with Crippen LogP contribution in [0.25, 0.3) is 0 Å². The highest BCUT2D eigenvalue weighted by Gasteiger charge is 1.99. The van der Waals surface area contributed by atoms with Crippen LogP contribution in [0.1, 0.15) is 25.3 Å². The number of benzene rings is 1. The van der Waals surface area contributed by atoms with E-state index in [2.05, 4.69) is 28.5 Å². The molecule has 0 saturated carbocycles. The second kappa shape index (κ2) is 16.0. The van der Waals surface area contributed by atoms with Crippen LogP contribution in [-0.2, 0) is 15.9 Å². The van der Waals surface area contributed by atoms with Crippen molar-refractivity contribution in [2.75, 3.05) is 53.2 Å². The maximum absolute atomic E-state index is 5.53.